The standard InChI is InChI=1S/C49H67N7O9S/c1-6-50-44(57)20-12-11-17-27-51-48(60)41(34-66(62,63)64)52-45(58)21-15-16-22-46(59)55-28-30-56(31-29-55)49(61)38-19-14-13-18-37(38)47-39-25-23-35(53(7-2)8-3)32-42(39)65-43-33-36(24-26-40(43)47)54(9-4)10-5/h13-14,18-19,23-26,32-33,41H,6-12,15-17,20-22,27-31,34H2,1-5H3,(H3-,50,51,52,57,58,60,62,63,64)/p+1. The van der Waals surface area contributed by atoms with Gasteiger partial charge in [0.05, 0.1) is 22.9 Å². The number of piperazine rings is 1. The second kappa shape index (κ2) is 24.6. The second-order valence-corrected chi connectivity index (χ2v) is 18.0. The largest absolute Gasteiger partial charge is 0.372 e. The number of rotatable bonds is 24. The van der Waals surface area contributed by atoms with E-state index < -0.39 is 33.7 Å². The molecule has 3 aromatic carbocycles. The number of nitrogens with zero attached hydrogens (tertiary/aromatic N) is 4. The van der Waals surface area contributed by atoms with Crippen molar-refractivity contribution in [3.05, 3.63) is 66.2 Å². The molecule has 1 atom stereocenters. The highest BCUT2D eigenvalue weighted by Gasteiger charge is 2.30. The zero-order valence-electron chi connectivity index (χ0n) is 39.2. The third-order valence-electron chi connectivity index (χ3n) is 12.1. The number of hydrogen-bond donors (Lipinski definition) is 4. The summed E-state index contributed by atoms with van der Waals surface area (Å²) in [5, 5.41) is 9.51. The number of carbonyl (C=O) groups excluding carboxylic acids is 5. The molecule has 0 saturated carbocycles. The normalized spacial score (nSPS) is 13.4. The van der Waals surface area contributed by atoms with E-state index in [0.29, 0.717) is 76.8 Å². The van der Waals surface area contributed by atoms with Crippen molar-refractivity contribution >= 4 is 73.0 Å². The third kappa shape index (κ3) is 13.9. The Morgan fingerprint density at radius 3 is 1.80 bits per heavy atom. The van der Waals surface area contributed by atoms with Gasteiger partial charge in [-0.3, -0.25) is 28.5 Å². The summed E-state index contributed by atoms with van der Waals surface area (Å²) in [6.45, 7) is 15.9. The fourth-order valence-electron chi connectivity index (χ4n) is 8.53. The highest BCUT2D eigenvalue weighted by molar-refractivity contribution is 7.85. The highest BCUT2D eigenvalue weighted by Crippen LogP contribution is 2.41. The first-order valence-corrected chi connectivity index (χ1v) is 25.1. The lowest BCUT2D eigenvalue weighted by Gasteiger charge is -2.35. The van der Waals surface area contributed by atoms with Gasteiger partial charge in [0.1, 0.15) is 11.8 Å². The molecule has 1 aliphatic rings. The van der Waals surface area contributed by atoms with Crippen molar-refractivity contribution < 1.29 is 41.4 Å². The summed E-state index contributed by atoms with van der Waals surface area (Å²) in [6, 6.07) is 18.7. The number of benzene rings is 3. The van der Waals surface area contributed by atoms with E-state index in [4.69, 9.17) is 4.42 Å². The first-order chi connectivity index (χ1) is 31.7. The summed E-state index contributed by atoms with van der Waals surface area (Å²) < 4.78 is 39.4. The number of fused-ring (bicyclic) bond motifs is 2. The molecule has 1 fully saturated rings. The van der Waals surface area contributed by atoms with Crippen molar-refractivity contribution in [2.45, 2.75) is 92.0 Å². The lowest BCUT2D eigenvalue weighted by molar-refractivity contribution is -0.133. The fourth-order valence-corrected chi connectivity index (χ4v) is 9.19. The van der Waals surface area contributed by atoms with Crippen molar-refractivity contribution in [1.29, 1.82) is 0 Å². The van der Waals surface area contributed by atoms with Gasteiger partial charge in [-0.15, -0.1) is 0 Å². The molecule has 4 aromatic rings. The fraction of sp³-hybridized carbons (Fsp3) is 0.510. The Morgan fingerprint density at radius 1 is 0.682 bits per heavy atom. The van der Waals surface area contributed by atoms with Gasteiger partial charge in [-0.1, -0.05) is 24.6 Å². The van der Waals surface area contributed by atoms with Crippen LogP contribution in [0.2, 0.25) is 0 Å². The summed E-state index contributed by atoms with van der Waals surface area (Å²) in [7, 11) is -4.59. The molecule has 2 heterocycles. The second-order valence-electron chi connectivity index (χ2n) is 16.5. The maximum absolute atomic E-state index is 14.4. The van der Waals surface area contributed by atoms with Crippen molar-refractivity contribution in [3.8, 4) is 11.1 Å². The molecule has 1 unspecified atom stereocenters. The van der Waals surface area contributed by atoms with E-state index in [9.17, 15) is 36.9 Å². The van der Waals surface area contributed by atoms with Crippen LogP contribution in [0.5, 0.6) is 0 Å². The van der Waals surface area contributed by atoms with E-state index in [0.717, 1.165) is 70.6 Å². The number of anilines is 2. The van der Waals surface area contributed by atoms with Crippen LogP contribution in [0.15, 0.2) is 65.1 Å². The lowest BCUT2D eigenvalue weighted by atomic mass is 9.92. The van der Waals surface area contributed by atoms with Crippen molar-refractivity contribution in [2.75, 3.05) is 81.0 Å². The van der Waals surface area contributed by atoms with Crippen molar-refractivity contribution in [1.82, 2.24) is 25.8 Å². The van der Waals surface area contributed by atoms with Gasteiger partial charge in [-0.05, 0) is 96.2 Å². The van der Waals surface area contributed by atoms with E-state index in [1.807, 2.05) is 31.2 Å². The Hall–Kier alpha value is -5.81. The molecule has 4 N–H and O–H groups in total. The van der Waals surface area contributed by atoms with Crippen LogP contribution >= 0.6 is 0 Å². The summed E-state index contributed by atoms with van der Waals surface area (Å²) in [6.07, 6.45) is 2.99. The molecule has 0 bridgehead atoms. The third-order valence-corrected chi connectivity index (χ3v) is 12.9. The molecule has 1 aromatic heterocycles. The zero-order chi connectivity index (χ0) is 47.8. The number of hydrogen-bond acceptors (Lipinski definition) is 9. The van der Waals surface area contributed by atoms with Crippen LogP contribution in [0, 0.1) is 0 Å². The smallest absolute Gasteiger partial charge is 0.363 e. The topological polar surface area (TPSA) is 200 Å². The monoisotopic (exact) mass is 930 g/mol. The minimum Gasteiger partial charge on any atom is -0.372 e. The summed E-state index contributed by atoms with van der Waals surface area (Å²) >= 11 is 0. The quantitative estimate of drug-likeness (QED) is 0.0268. The molecule has 1 aliphatic heterocycles. The lowest BCUT2D eigenvalue weighted by Crippen LogP contribution is -2.50. The average molecular weight is 931 g/mol. The van der Waals surface area contributed by atoms with Crippen LogP contribution < -0.4 is 25.8 Å². The number of carbonyl (C=O) groups is 5. The molecule has 0 aliphatic carbocycles. The maximum Gasteiger partial charge on any atom is 0.363 e. The molecule has 5 rings (SSSR count). The van der Waals surface area contributed by atoms with E-state index >= 15 is 0 Å². The van der Waals surface area contributed by atoms with E-state index in [1.54, 1.807) is 9.80 Å². The summed E-state index contributed by atoms with van der Waals surface area (Å²) in [5.41, 5.74) is 5.85. The Morgan fingerprint density at radius 2 is 1.23 bits per heavy atom. The van der Waals surface area contributed by atoms with Gasteiger partial charge >= 0.3 is 11.2 Å². The van der Waals surface area contributed by atoms with Crippen LogP contribution in [0.25, 0.3) is 33.1 Å². The van der Waals surface area contributed by atoms with Crippen LogP contribution in [0.4, 0.5) is 11.4 Å². The Kier molecular flexibility index (Phi) is 19.1. The van der Waals surface area contributed by atoms with Gasteiger partial charge in [-0.2, -0.15) is 8.42 Å². The van der Waals surface area contributed by atoms with Gasteiger partial charge in [0, 0.05) is 107 Å². The number of amides is 5. The number of nitrogens with one attached hydrogen (secondary N) is 3. The van der Waals surface area contributed by atoms with E-state index in [2.05, 4.69) is 89.8 Å². The van der Waals surface area contributed by atoms with Gasteiger partial charge < -0.3 is 35.6 Å². The van der Waals surface area contributed by atoms with Gasteiger partial charge in [0.2, 0.25) is 23.6 Å². The van der Waals surface area contributed by atoms with Crippen LogP contribution in [-0.2, 0) is 29.3 Å². The molecule has 358 valence electrons. The van der Waals surface area contributed by atoms with Crippen LogP contribution in [0.3, 0.4) is 0 Å². The summed E-state index contributed by atoms with van der Waals surface area (Å²) in [4.78, 5) is 72.9. The summed E-state index contributed by atoms with van der Waals surface area (Å²) in [5.74, 6) is -2.58. The molecular weight excluding hydrogens is 863 g/mol. The minimum absolute atomic E-state index is 0.0507. The molecule has 5 amide bonds. The first kappa shape index (κ1) is 51.2. The molecule has 0 spiro atoms. The predicted octanol–water partition coefficient (Wildman–Crippen LogP) is 6.26. The zero-order valence-corrected chi connectivity index (χ0v) is 40.0. The SMILES string of the molecule is CCNC(=O)CCCCCNC(=O)C(CS(=O)(=O)O)NC(=O)CCCCC(=O)N1CCN(C(=O)c2ccccc2-c2c3ccc(N(CC)CC)cc3[o+]c3cc(N(CC)CC)ccc23)CC1. The van der Waals surface area contributed by atoms with Gasteiger partial charge in [0.15, 0.2) is 0 Å². The molecule has 66 heavy (non-hydrogen) atoms. The average Bonchev–Trinajstić information content (AvgIpc) is 3.30. The van der Waals surface area contributed by atoms with Crippen LogP contribution in [0.1, 0.15) is 96.3 Å². The predicted molar refractivity (Wildman–Crippen MR) is 260 cm³/mol. The molecule has 16 nitrogen and oxygen atoms in total. The van der Waals surface area contributed by atoms with E-state index in [1.165, 1.54) is 0 Å². The van der Waals surface area contributed by atoms with Crippen molar-refractivity contribution in [3.63, 3.8) is 0 Å². The Bertz CT molecular complexity index is 2360. The molecule has 1 saturated heterocycles. The Labute approximate surface area is 389 Å². The van der Waals surface area contributed by atoms with Crippen LogP contribution in [-0.4, -0.2) is 130 Å². The molecule has 0 radical (unpaired) electrons. The minimum atomic E-state index is -4.59. The van der Waals surface area contributed by atoms with Gasteiger partial charge in [0.25, 0.3) is 16.0 Å². The highest BCUT2D eigenvalue weighted by atomic mass is 32.2. The van der Waals surface area contributed by atoms with E-state index in [-0.39, 0.29) is 37.1 Å². The first-order valence-electron chi connectivity index (χ1n) is 23.5. The Balaban J connectivity index is 1.18. The van der Waals surface area contributed by atoms with Gasteiger partial charge in [-0.25, -0.2) is 4.42 Å². The molecular formula is C49H68N7O9S+. The maximum atomic E-state index is 14.4. The molecule has 17 heteroatoms. The van der Waals surface area contributed by atoms with Crippen molar-refractivity contribution in [2.24, 2.45) is 0 Å². The number of unbranched alkanes of at least 4 members (excludes halogenated alkanes) is 3.